The van der Waals surface area contributed by atoms with E-state index in [1.807, 2.05) is 12.1 Å². The Bertz CT molecular complexity index is 430. The van der Waals surface area contributed by atoms with Crippen molar-refractivity contribution >= 4 is 17.2 Å². The zero-order chi connectivity index (χ0) is 13.7. The number of pyridine rings is 1. The minimum atomic E-state index is 0.362. The van der Waals surface area contributed by atoms with Crippen molar-refractivity contribution in [3.05, 3.63) is 29.6 Å². The molecule has 1 aromatic rings. The van der Waals surface area contributed by atoms with Gasteiger partial charge >= 0.3 is 0 Å². The lowest BCUT2D eigenvalue weighted by Gasteiger charge is -2.31. The van der Waals surface area contributed by atoms with Gasteiger partial charge in [-0.1, -0.05) is 12.2 Å². The quantitative estimate of drug-likeness (QED) is 0.829. The summed E-state index contributed by atoms with van der Waals surface area (Å²) < 4.78 is 5.22. The highest BCUT2D eigenvalue weighted by atomic mass is 32.1. The van der Waals surface area contributed by atoms with E-state index in [1.165, 1.54) is 18.4 Å². The van der Waals surface area contributed by atoms with E-state index in [1.54, 1.807) is 13.3 Å². The third kappa shape index (κ3) is 4.23. The van der Waals surface area contributed by atoms with E-state index in [-0.39, 0.29) is 0 Å². The van der Waals surface area contributed by atoms with Crippen molar-refractivity contribution in [2.75, 3.05) is 26.8 Å². The molecule has 0 saturated carbocycles. The molecule has 0 amide bonds. The first-order chi connectivity index (χ1) is 9.19. The molecule has 0 aliphatic carbocycles. The fraction of sp³-hybridized carbons (Fsp3) is 0.571. The first-order valence-electron chi connectivity index (χ1n) is 6.65. The van der Waals surface area contributed by atoms with Gasteiger partial charge in [-0.2, -0.15) is 0 Å². The summed E-state index contributed by atoms with van der Waals surface area (Å²) >= 11 is 4.96. The highest BCUT2D eigenvalue weighted by Gasteiger charge is 2.19. The summed E-state index contributed by atoms with van der Waals surface area (Å²) in [7, 11) is 1.78. The number of rotatable bonds is 5. The van der Waals surface area contributed by atoms with Gasteiger partial charge in [0, 0.05) is 26.5 Å². The van der Waals surface area contributed by atoms with E-state index in [9.17, 15) is 0 Å². The van der Waals surface area contributed by atoms with E-state index in [0.717, 1.165) is 26.2 Å². The molecule has 0 aromatic carbocycles. The van der Waals surface area contributed by atoms with Crippen LogP contribution in [0.25, 0.3) is 0 Å². The number of nitrogens with zero attached hydrogens (tertiary/aromatic N) is 2. The van der Waals surface area contributed by atoms with Gasteiger partial charge in [-0.25, -0.2) is 0 Å². The molecule has 0 radical (unpaired) electrons. The molecular formula is C14H21N3OS. The van der Waals surface area contributed by atoms with Crippen LogP contribution in [0.15, 0.2) is 18.3 Å². The van der Waals surface area contributed by atoms with Crippen molar-refractivity contribution in [1.29, 1.82) is 0 Å². The standard InChI is InChI=1S/C14H21N3OS/c1-18-10-11-3-6-17(7-4-11)9-12-2-5-16-13(8-12)14(15)19/h2,5,8,11H,3-4,6-7,9-10H2,1H3,(H2,15,19). The average molecular weight is 279 g/mol. The summed E-state index contributed by atoms with van der Waals surface area (Å²) in [6.45, 7) is 4.07. The number of nitrogens with two attached hydrogens (primary N) is 1. The van der Waals surface area contributed by atoms with Gasteiger partial charge in [-0.05, 0) is 49.5 Å². The first kappa shape index (κ1) is 14.4. The molecule has 4 nitrogen and oxygen atoms in total. The zero-order valence-corrected chi connectivity index (χ0v) is 12.2. The number of thiocarbonyl (C=S) groups is 1. The first-order valence-corrected chi connectivity index (χ1v) is 7.06. The lowest BCUT2D eigenvalue weighted by molar-refractivity contribution is 0.0968. The summed E-state index contributed by atoms with van der Waals surface area (Å²) in [5.74, 6) is 0.714. The molecule has 1 aromatic heterocycles. The number of methoxy groups -OCH3 is 1. The highest BCUT2D eigenvalue weighted by molar-refractivity contribution is 7.80. The van der Waals surface area contributed by atoms with Crippen molar-refractivity contribution in [2.24, 2.45) is 11.7 Å². The molecule has 0 unspecified atom stereocenters. The number of hydrogen-bond acceptors (Lipinski definition) is 4. The second kappa shape index (κ2) is 6.93. The van der Waals surface area contributed by atoms with Crippen LogP contribution >= 0.6 is 12.2 Å². The van der Waals surface area contributed by atoms with Gasteiger partial charge in [0.1, 0.15) is 4.99 Å². The van der Waals surface area contributed by atoms with Crippen molar-refractivity contribution in [3.8, 4) is 0 Å². The topological polar surface area (TPSA) is 51.4 Å². The van der Waals surface area contributed by atoms with Crippen LogP contribution in [-0.4, -0.2) is 41.7 Å². The minimum absolute atomic E-state index is 0.362. The highest BCUT2D eigenvalue weighted by Crippen LogP contribution is 2.19. The Morgan fingerprint density at radius 2 is 2.26 bits per heavy atom. The summed E-state index contributed by atoms with van der Waals surface area (Å²) in [4.78, 5) is 6.99. The lowest BCUT2D eigenvalue weighted by atomic mass is 9.97. The Kier molecular flexibility index (Phi) is 5.24. The maximum absolute atomic E-state index is 5.61. The number of piperidine rings is 1. The van der Waals surface area contributed by atoms with Gasteiger partial charge < -0.3 is 10.5 Å². The average Bonchev–Trinajstić information content (AvgIpc) is 2.42. The van der Waals surface area contributed by atoms with Gasteiger partial charge in [0.15, 0.2) is 0 Å². The second-order valence-corrected chi connectivity index (χ2v) is 5.53. The maximum atomic E-state index is 5.61. The molecule has 2 heterocycles. The predicted octanol–water partition coefficient (Wildman–Crippen LogP) is 1.57. The van der Waals surface area contributed by atoms with Crippen LogP contribution in [0.5, 0.6) is 0 Å². The van der Waals surface area contributed by atoms with E-state index < -0.39 is 0 Å². The monoisotopic (exact) mass is 279 g/mol. The molecule has 0 bridgehead atoms. The van der Waals surface area contributed by atoms with Crippen LogP contribution in [0.2, 0.25) is 0 Å². The Hall–Kier alpha value is -1.04. The summed E-state index contributed by atoms with van der Waals surface area (Å²) in [6.07, 6.45) is 4.20. The van der Waals surface area contributed by atoms with E-state index >= 15 is 0 Å². The molecule has 104 valence electrons. The third-order valence-corrected chi connectivity index (χ3v) is 3.80. The van der Waals surface area contributed by atoms with Crippen LogP contribution in [0, 0.1) is 5.92 Å². The number of ether oxygens (including phenoxy) is 1. The molecule has 1 fully saturated rings. The van der Waals surface area contributed by atoms with Crippen molar-refractivity contribution in [1.82, 2.24) is 9.88 Å². The molecule has 1 aliphatic heterocycles. The molecule has 1 saturated heterocycles. The van der Waals surface area contributed by atoms with Crippen LogP contribution in [-0.2, 0) is 11.3 Å². The largest absolute Gasteiger partial charge is 0.388 e. The number of hydrogen-bond donors (Lipinski definition) is 1. The summed E-state index contributed by atoms with van der Waals surface area (Å²) in [6, 6.07) is 4.02. The molecule has 0 atom stereocenters. The Morgan fingerprint density at radius 3 is 2.89 bits per heavy atom. The Labute approximate surface area is 120 Å². The van der Waals surface area contributed by atoms with Crippen molar-refractivity contribution in [3.63, 3.8) is 0 Å². The fourth-order valence-corrected chi connectivity index (χ4v) is 2.62. The minimum Gasteiger partial charge on any atom is -0.388 e. The molecule has 2 N–H and O–H groups in total. The molecule has 1 aliphatic rings. The zero-order valence-electron chi connectivity index (χ0n) is 11.3. The van der Waals surface area contributed by atoms with Gasteiger partial charge in [0.25, 0.3) is 0 Å². The Balaban J connectivity index is 1.88. The van der Waals surface area contributed by atoms with E-state index in [0.29, 0.717) is 16.6 Å². The smallest absolute Gasteiger partial charge is 0.122 e. The van der Waals surface area contributed by atoms with Crippen molar-refractivity contribution < 1.29 is 4.74 Å². The number of likely N-dealkylation sites (tertiary alicyclic amines) is 1. The molecule has 2 rings (SSSR count). The van der Waals surface area contributed by atoms with Crippen molar-refractivity contribution in [2.45, 2.75) is 19.4 Å². The maximum Gasteiger partial charge on any atom is 0.122 e. The predicted molar refractivity (Wildman–Crippen MR) is 80.0 cm³/mol. The van der Waals surface area contributed by atoms with E-state index in [2.05, 4.69) is 9.88 Å². The molecular weight excluding hydrogens is 258 g/mol. The van der Waals surface area contributed by atoms with Gasteiger partial charge in [-0.15, -0.1) is 0 Å². The van der Waals surface area contributed by atoms with Crippen LogP contribution in [0.1, 0.15) is 24.1 Å². The molecule has 5 heteroatoms. The van der Waals surface area contributed by atoms with Crippen LogP contribution in [0.4, 0.5) is 0 Å². The second-order valence-electron chi connectivity index (χ2n) is 5.09. The summed E-state index contributed by atoms with van der Waals surface area (Å²) in [5.41, 5.74) is 7.54. The lowest BCUT2D eigenvalue weighted by Crippen LogP contribution is -2.34. The molecule has 19 heavy (non-hydrogen) atoms. The normalized spacial score (nSPS) is 17.5. The summed E-state index contributed by atoms with van der Waals surface area (Å²) in [5, 5.41) is 0. The Morgan fingerprint density at radius 1 is 1.53 bits per heavy atom. The number of aromatic nitrogens is 1. The van der Waals surface area contributed by atoms with E-state index in [4.69, 9.17) is 22.7 Å². The third-order valence-electron chi connectivity index (χ3n) is 3.59. The van der Waals surface area contributed by atoms with Gasteiger partial charge in [0.2, 0.25) is 0 Å². The van der Waals surface area contributed by atoms with Gasteiger partial charge in [0.05, 0.1) is 5.69 Å². The SMILES string of the molecule is COCC1CCN(Cc2ccnc(C(N)=S)c2)CC1. The molecule has 0 spiro atoms. The van der Waals surface area contributed by atoms with Crippen LogP contribution in [0.3, 0.4) is 0 Å². The fourth-order valence-electron chi connectivity index (χ4n) is 2.51. The van der Waals surface area contributed by atoms with Crippen LogP contribution < -0.4 is 5.73 Å². The van der Waals surface area contributed by atoms with Gasteiger partial charge in [-0.3, -0.25) is 9.88 Å².